The van der Waals surface area contributed by atoms with Crippen LogP contribution in [0.1, 0.15) is 63.0 Å². The van der Waals surface area contributed by atoms with Crippen molar-refractivity contribution in [3.63, 3.8) is 0 Å². The number of sulfone groups is 1. The number of nitrogens with zero attached hydrogens (tertiary/aromatic N) is 2. The number of ether oxygens (including phenoxy) is 2. The third kappa shape index (κ3) is 5.77. The van der Waals surface area contributed by atoms with Gasteiger partial charge in [0, 0.05) is 30.2 Å². The fourth-order valence-corrected chi connectivity index (χ4v) is 5.40. The summed E-state index contributed by atoms with van der Waals surface area (Å²) in [6.45, 7) is 1.74. The summed E-state index contributed by atoms with van der Waals surface area (Å²) in [5.74, 6) is -5.50. The summed E-state index contributed by atoms with van der Waals surface area (Å²) in [6.07, 6.45) is 1.54. The number of benzene rings is 1. The third-order valence-corrected chi connectivity index (χ3v) is 7.11. The van der Waals surface area contributed by atoms with Gasteiger partial charge in [-0.15, -0.1) is 0 Å². The number of aromatic nitrogens is 2. The van der Waals surface area contributed by atoms with Crippen molar-refractivity contribution < 1.29 is 40.0 Å². The van der Waals surface area contributed by atoms with Crippen LogP contribution in [0.5, 0.6) is 0 Å². The zero-order valence-electron chi connectivity index (χ0n) is 18.8. The number of hydrogen-bond donors (Lipinski definition) is 0. The molecule has 188 valence electrons. The maximum absolute atomic E-state index is 14.3. The van der Waals surface area contributed by atoms with Gasteiger partial charge in [-0.3, -0.25) is 0 Å². The molecule has 0 radical (unpaired) electrons. The molecule has 7 nitrogen and oxygen atoms in total. The first kappa shape index (κ1) is 25.1. The highest BCUT2D eigenvalue weighted by Gasteiger charge is 2.48. The van der Waals surface area contributed by atoms with Crippen LogP contribution in [0.25, 0.3) is 11.4 Å². The third-order valence-electron chi connectivity index (χ3n) is 6.29. The highest BCUT2D eigenvalue weighted by atomic mass is 32.2. The van der Waals surface area contributed by atoms with E-state index in [1.54, 1.807) is 6.92 Å². The molecule has 2 aliphatic rings. The van der Waals surface area contributed by atoms with Crippen molar-refractivity contribution in [2.75, 3.05) is 12.9 Å². The second-order valence-electron chi connectivity index (χ2n) is 9.24. The van der Waals surface area contributed by atoms with E-state index in [2.05, 4.69) is 10.1 Å². The molecule has 2 aromatic rings. The second kappa shape index (κ2) is 9.19. The van der Waals surface area contributed by atoms with Crippen molar-refractivity contribution in [2.45, 2.75) is 74.9 Å². The Balaban J connectivity index is 1.39. The Bertz CT molecular complexity index is 1120. The van der Waals surface area contributed by atoms with E-state index in [4.69, 9.17) is 14.0 Å². The van der Waals surface area contributed by atoms with E-state index in [0.717, 1.165) is 18.4 Å². The first-order valence-corrected chi connectivity index (χ1v) is 13.1. The summed E-state index contributed by atoms with van der Waals surface area (Å²) < 4.78 is 96.0. The van der Waals surface area contributed by atoms with E-state index >= 15 is 0 Å². The van der Waals surface area contributed by atoms with Crippen LogP contribution in [0.15, 0.2) is 16.7 Å². The van der Waals surface area contributed by atoms with Gasteiger partial charge in [0.1, 0.15) is 17.7 Å². The summed E-state index contributed by atoms with van der Waals surface area (Å²) in [6, 6.07) is 1.90. The smallest absolute Gasteiger partial charge is 0.255 e. The molecule has 0 unspecified atom stereocenters. The van der Waals surface area contributed by atoms with Gasteiger partial charge in [-0.05, 0) is 44.7 Å². The van der Waals surface area contributed by atoms with Crippen LogP contribution in [0.4, 0.5) is 17.6 Å². The molecule has 4 rings (SSSR count). The monoisotopic (exact) mass is 506 g/mol. The molecule has 0 N–H and O–H groups in total. The number of halogens is 4. The van der Waals surface area contributed by atoms with Gasteiger partial charge in [-0.1, -0.05) is 5.16 Å². The van der Waals surface area contributed by atoms with E-state index < -0.39 is 50.4 Å². The van der Waals surface area contributed by atoms with Gasteiger partial charge in [0.05, 0.1) is 24.1 Å². The predicted molar refractivity (Wildman–Crippen MR) is 113 cm³/mol. The van der Waals surface area contributed by atoms with E-state index in [-0.39, 0.29) is 42.8 Å². The molecule has 1 atom stereocenters. The lowest BCUT2D eigenvalue weighted by molar-refractivity contribution is -0.200. The summed E-state index contributed by atoms with van der Waals surface area (Å²) in [5, 5.41) is 3.75. The Morgan fingerprint density at radius 1 is 1.18 bits per heavy atom. The molecule has 1 saturated carbocycles. The molecular formula is C22H26F4N2O5S. The molecule has 34 heavy (non-hydrogen) atoms. The van der Waals surface area contributed by atoms with E-state index in [1.807, 2.05) is 0 Å². The molecule has 1 aromatic heterocycles. The van der Waals surface area contributed by atoms with E-state index in [9.17, 15) is 26.0 Å². The van der Waals surface area contributed by atoms with Crippen LogP contribution < -0.4 is 0 Å². The summed E-state index contributed by atoms with van der Waals surface area (Å²) in [5.41, 5.74) is -1.37. The van der Waals surface area contributed by atoms with Crippen LogP contribution in [-0.4, -0.2) is 49.0 Å². The molecule has 0 bridgehead atoms. The van der Waals surface area contributed by atoms with Crippen molar-refractivity contribution in [3.8, 4) is 11.4 Å². The quantitative estimate of drug-likeness (QED) is 0.522. The molecule has 1 spiro atoms. The minimum absolute atomic E-state index is 0.00978. The summed E-state index contributed by atoms with van der Waals surface area (Å²) in [4.78, 5) is 4.16. The standard InChI is InChI=1S/C22H26F4N2O5S/c1-13(32-15-3-5-21(6-4-15)12-22(25,26)7-8-31-21)20-27-19(28-33-20)14-9-17(23)16(18(24)10-14)11-34(2,29)30/h9-10,13,15H,3-8,11-12H2,1-2H3/t13-,15?,21?/m1/s1. The van der Waals surface area contributed by atoms with Gasteiger partial charge in [-0.2, -0.15) is 4.98 Å². The van der Waals surface area contributed by atoms with Crippen LogP contribution in [-0.2, 0) is 25.1 Å². The normalized spacial score (nSPS) is 26.0. The average molecular weight is 507 g/mol. The highest BCUT2D eigenvalue weighted by Crippen LogP contribution is 2.45. The molecule has 2 heterocycles. The molecule has 1 saturated heterocycles. The summed E-state index contributed by atoms with van der Waals surface area (Å²) >= 11 is 0. The summed E-state index contributed by atoms with van der Waals surface area (Å²) in [7, 11) is -3.63. The predicted octanol–water partition coefficient (Wildman–Crippen LogP) is 4.76. The van der Waals surface area contributed by atoms with Crippen molar-refractivity contribution in [2.24, 2.45) is 0 Å². The molecule has 2 fully saturated rings. The topological polar surface area (TPSA) is 91.5 Å². The number of rotatable bonds is 6. The van der Waals surface area contributed by atoms with Crippen molar-refractivity contribution in [3.05, 3.63) is 35.2 Å². The number of hydrogen-bond acceptors (Lipinski definition) is 7. The lowest BCUT2D eigenvalue weighted by Gasteiger charge is -2.45. The fraction of sp³-hybridized carbons (Fsp3) is 0.636. The first-order valence-electron chi connectivity index (χ1n) is 11.0. The largest absolute Gasteiger partial charge is 0.375 e. The average Bonchev–Trinajstić information content (AvgIpc) is 3.21. The lowest BCUT2D eigenvalue weighted by atomic mass is 9.77. The molecule has 0 amide bonds. The zero-order valence-corrected chi connectivity index (χ0v) is 19.6. The van der Waals surface area contributed by atoms with Gasteiger partial charge in [-0.25, -0.2) is 26.0 Å². The minimum atomic E-state index is -3.63. The van der Waals surface area contributed by atoms with E-state index in [1.165, 1.54) is 0 Å². The molecule has 12 heteroatoms. The molecule has 1 aliphatic heterocycles. The second-order valence-corrected chi connectivity index (χ2v) is 11.4. The van der Waals surface area contributed by atoms with Gasteiger partial charge in [0.25, 0.3) is 11.8 Å². The number of alkyl halides is 2. The Labute approximate surface area is 194 Å². The fourth-order valence-electron chi connectivity index (χ4n) is 4.60. The highest BCUT2D eigenvalue weighted by molar-refractivity contribution is 7.89. The maximum atomic E-state index is 14.3. The van der Waals surface area contributed by atoms with Crippen LogP contribution in [0, 0.1) is 11.6 Å². The first-order chi connectivity index (χ1) is 15.8. The molecule has 1 aliphatic carbocycles. The molecular weight excluding hydrogens is 480 g/mol. The van der Waals surface area contributed by atoms with Crippen LogP contribution >= 0.6 is 0 Å². The van der Waals surface area contributed by atoms with Gasteiger partial charge < -0.3 is 14.0 Å². The Morgan fingerprint density at radius 2 is 1.82 bits per heavy atom. The maximum Gasteiger partial charge on any atom is 0.255 e. The van der Waals surface area contributed by atoms with Gasteiger partial charge in [0.15, 0.2) is 9.84 Å². The van der Waals surface area contributed by atoms with Crippen molar-refractivity contribution in [1.82, 2.24) is 10.1 Å². The van der Waals surface area contributed by atoms with Crippen LogP contribution in [0.2, 0.25) is 0 Å². The van der Waals surface area contributed by atoms with Crippen molar-refractivity contribution >= 4 is 9.84 Å². The lowest BCUT2D eigenvalue weighted by Crippen LogP contribution is -2.48. The Kier molecular flexibility index (Phi) is 6.78. The van der Waals surface area contributed by atoms with Gasteiger partial charge in [0.2, 0.25) is 5.82 Å². The molecule has 1 aromatic carbocycles. The Hall–Kier alpha value is -2.05. The minimum Gasteiger partial charge on any atom is -0.375 e. The SMILES string of the molecule is C[C@@H](OC1CCC2(CC1)CC(F)(F)CCO2)c1nc(-c2cc(F)c(CS(C)(=O)=O)c(F)c2)no1. The van der Waals surface area contributed by atoms with Crippen molar-refractivity contribution in [1.29, 1.82) is 0 Å². The van der Waals surface area contributed by atoms with Crippen LogP contribution in [0.3, 0.4) is 0 Å². The van der Waals surface area contributed by atoms with E-state index in [0.29, 0.717) is 25.7 Å². The van der Waals surface area contributed by atoms with Gasteiger partial charge >= 0.3 is 0 Å². The zero-order chi connectivity index (χ0) is 24.7. The Morgan fingerprint density at radius 3 is 2.41 bits per heavy atom.